The lowest BCUT2D eigenvalue weighted by Gasteiger charge is -2.08. The molecule has 0 fully saturated rings. The molecule has 1 aliphatic rings. The average Bonchev–Trinajstić information content (AvgIpc) is 2.58. The third-order valence-corrected chi connectivity index (χ3v) is 2.95. The second-order valence-electron chi connectivity index (χ2n) is 3.85. The van der Waals surface area contributed by atoms with Gasteiger partial charge in [-0.2, -0.15) is 0 Å². The standard InChI is InChI=1S/C12H13O2/c13-12(14)8-7-10-6-5-9-3-1-2-4-11(9)10/h1-4,10H,5-8H2. The van der Waals surface area contributed by atoms with E-state index < -0.39 is 5.97 Å². The first-order chi connectivity index (χ1) is 6.77. The van der Waals surface area contributed by atoms with Crippen molar-refractivity contribution in [1.82, 2.24) is 0 Å². The van der Waals surface area contributed by atoms with Crippen LogP contribution in [0, 0.1) is 0 Å². The minimum atomic E-state index is -0.936. The number of carbonyl (C=O) groups is 1. The fourth-order valence-corrected chi connectivity index (χ4v) is 2.24. The number of hydrogen-bond donors (Lipinski definition) is 0. The van der Waals surface area contributed by atoms with E-state index in [1.807, 2.05) is 12.1 Å². The van der Waals surface area contributed by atoms with Gasteiger partial charge >= 0.3 is 5.97 Å². The van der Waals surface area contributed by atoms with Crippen molar-refractivity contribution in [3.8, 4) is 0 Å². The number of hydrogen-bond acceptors (Lipinski definition) is 1. The Morgan fingerprint density at radius 3 is 2.93 bits per heavy atom. The van der Waals surface area contributed by atoms with Crippen LogP contribution < -0.4 is 0 Å². The highest BCUT2D eigenvalue weighted by Crippen LogP contribution is 2.35. The molecule has 1 aliphatic carbocycles. The van der Waals surface area contributed by atoms with E-state index in [-0.39, 0.29) is 6.42 Å². The molecular weight excluding hydrogens is 176 g/mol. The Bertz CT molecular complexity index is 344. The summed E-state index contributed by atoms with van der Waals surface area (Å²) >= 11 is 0. The van der Waals surface area contributed by atoms with Crippen molar-refractivity contribution in [2.75, 3.05) is 0 Å². The van der Waals surface area contributed by atoms with Crippen molar-refractivity contribution >= 4 is 5.97 Å². The van der Waals surface area contributed by atoms with Gasteiger partial charge in [0, 0.05) is 0 Å². The summed E-state index contributed by atoms with van der Waals surface area (Å²) in [5.41, 5.74) is 2.73. The maximum atomic E-state index is 10.4. The van der Waals surface area contributed by atoms with E-state index in [2.05, 4.69) is 12.1 Å². The minimum Gasteiger partial charge on any atom is -0.247 e. The zero-order valence-electron chi connectivity index (χ0n) is 8.03. The van der Waals surface area contributed by atoms with Crippen molar-refractivity contribution in [2.45, 2.75) is 31.6 Å². The topological polar surface area (TPSA) is 37.0 Å². The van der Waals surface area contributed by atoms with E-state index in [1.165, 1.54) is 11.1 Å². The van der Waals surface area contributed by atoms with Gasteiger partial charge in [-0.25, -0.2) is 9.90 Å². The number of aryl methyl sites for hydroxylation is 1. The summed E-state index contributed by atoms with van der Waals surface area (Å²) in [6, 6.07) is 8.31. The van der Waals surface area contributed by atoms with Gasteiger partial charge in [-0.3, -0.25) is 0 Å². The van der Waals surface area contributed by atoms with Crippen molar-refractivity contribution in [3.05, 3.63) is 35.4 Å². The normalized spacial score (nSPS) is 19.3. The van der Waals surface area contributed by atoms with Gasteiger partial charge in [-0.1, -0.05) is 24.3 Å². The lowest BCUT2D eigenvalue weighted by molar-refractivity contribution is -0.143. The summed E-state index contributed by atoms with van der Waals surface area (Å²) in [5, 5.41) is 10.4. The van der Waals surface area contributed by atoms with Gasteiger partial charge < -0.3 is 0 Å². The maximum Gasteiger partial charge on any atom is 0.355 e. The Morgan fingerprint density at radius 2 is 2.14 bits per heavy atom. The molecule has 1 aromatic carbocycles. The predicted octanol–water partition coefficient (Wildman–Crippen LogP) is 2.45. The summed E-state index contributed by atoms with van der Waals surface area (Å²) < 4.78 is 0. The third-order valence-electron chi connectivity index (χ3n) is 2.95. The van der Waals surface area contributed by atoms with Gasteiger partial charge in [0.05, 0.1) is 6.42 Å². The fourth-order valence-electron chi connectivity index (χ4n) is 2.24. The van der Waals surface area contributed by atoms with Crippen molar-refractivity contribution in [3.63, 3.8) is 0 Å². The summed E-state index contributed by atoms with van der Waals surface area (Å²) in [6.45, 7) is 0. The SMILES string of the molecule is [O]C(=O)CCC1CCc2ccccc21. The van der Waals surface area contributed by atoms with E-state index in [0.717, 1.165) is 19.3 Å². The number of fused-ring (bicyclic) bond motifs is 1. The Labute approximate surface area is 83.6 Å². The quantitative estimate of drug-likeness (QED) is 0.719. The molecule has 1 aromatic rings. The number of benzene rings is 1. The highest BCUT2D eigenvalue weighted by atomic mass is 16.4. The molecule has 1 atom stereocenters. The van der Waals surface area contributed by atoms with E-state index in [1.54, 1.807) is 0 Å². The molecule has 0 bridgehead atoms. The van der Waals surface area contributed by atoms with Crippen LogP contribution in [0.5, 0.6) is 0 Å². The molecule has 0 heterocycles. The largest absolute Gasteiger partial charge is 0.355 e. The Balaban J connectivity index is 2.07. The lowest BCUT2D eigenvalue weighted by Crippen LogP contribution is -1.98. The fraction of sp³-hybridized carbons (Fsp3) is 0.417. The molecule has 2 rings (SSSR count). The van der Waals surface area contributed by atoms with Crippen LogP contribution in [0.3, 0.4) is 0 Å². The van der Waals surface area contributed by atoms with Crippen molar-refractivity contribution < 1.29 is 9.90 Å². The van der Waals surface area contributed by atoms with Crippen LogP contribution in [-0.2, 0) is 16.3 Å². The summed E-state index contributed by atoms with van der Waals surface area (Å²) in [6.07, 6.45) is 3.08. The van der Waals surface area contributed by atoms with Crippen molar-refractivity contribution in [1.29, 1.82) is 0 Å². The van der Waals surface area contributed by atoms with Crippen LogP contribution >= 0.6 is 0 Å². The number of rotatable bonds is 3. The zero-order valence-corrected chi connectivity index (χ0v) is 8.03. The molecule has 2 nitrogen and oxygen atoms in total. The van der Waals surface area contributed by atoms with Crippen LogP contribution in [0.1, 0.15) is 36.3 Å². The molecule has 0 amide bonds. The smallest absolute Gasteiger partial charge is 0.247 e. The maximum absolute atomic E-state index is 10.4. The summed E-state index contributed by atoms with van der Waals surface area (Å²) in [4.78, 5) is 10.4. The summed E-state index contributed by atoms with van der Waals surface area (Å²) in [7, 11) is 0. The molecule has 0 aromatic heterocycles. The van der Waals surface area contributed by atoms with Crippen LogP contribution in [0.2, 0.25) is 0 Å². The van der Waals surface area contributed by atoms with Gasteiger partial charge in [0.1, 0.15) is 0 Å². The van der Waals surface area contributed by atoms with Gasteiger partial charge in [-0.15, -0.1) is 0 Å². The second kappa shape index (κ2) is 3.82. The molecule has 73 valence electrons. The molecular formula is C12H13O2. The van der Waals surface area contributed by atoms with Gasteiger partial charge in [0.15, 0.2) is 0 Å². The van der Waals surface area contributed by atoms with Crippen LogP contribution in [0.25, 0.3) is 0 Å². The minimum absolute atomic E-state index is 0.180. The third kappa shape index (κ3) is 1.79. The molecule has 0 N–H and O–H groups in total. The Kier molecular flexibility index (Phi) is 2.53. The number of carbonyl (C=O) groups excluding carboxylic acids is 1. The lowest BCUT2D eigenvalue weighted by atomic mass is 9.96. The first-order valence-corrected chi connectivity index (χ1v) is 5.05. The Morgan fingerprint density at radius 1 is 1.36 bits per heavy atom. The van der Waals surface area contributed by atoms with E-state index in [9.17, 15) is 9.90 Å². The molecule has 1 unspecified atom stereocenters. The van der Waals surface area contributed by atoms with E-state index >= 15 is 0 Å². The molecule has 0 spiro atoms. The van der Waals surface area contributed by atoms with Gasteiger partial charge in [0.2, 0.25) is 0 Å². The van der Waals surface area contributed by atoms with Crippen LogP contribution in [0.4, 0.5) is 0 Å². The van der Waals surface area contributed by atoms with Gasteiger partial charge in [0.25, 0.3) is 0 Å². The highest BCUT2D eigenvalue weighted by Gasteiger charge is 2.22. The monoisotopic (exact) mass is 189 g/mol. The molecule has 0 saturated carbocycles. The first kappa shape index (κ1) is 9.25. The van der Waals surface area contributed by atoms with Crippen molar-refractivity contribution in [2.24, 2.45) is 0 Å². The van der Waals surface area contributed by atoms with E-state index in [4.69, 9.17) is 0 Å². The van der Waals surface area contributed by atoms with Crippen LogP contribution in [-0.4, -0.2) is 5.97 Å². The zero-order chi connectivity index (χ0) is 9.97. The van der Waals surface area contributed by atoms with Crippen LogP contribution in [0.15, 0.2) is 24.3 Å². The van der Waals surface area contributed by atoms with Gasteiger partial charge in [-0.05, 0) is 36.3 Å². The summed E-state index contributed by atoms with van der Waals surface area (Å²) in [5.74, 6) is -0.501. The highest BCUT2D eigenvalue weighted by molar-refractivity contribution is 5.66. The molecule has 0 saturated heterocycles. The molecule has 0 aliphatic heterocycles. The molecule has 1 radical (unpaired) electrons. The Hall–Kier alpha value is -1.31. The average molecular weight is 189 g/mol. The first-order valence-electron chi connectivity index (χ1n) is 5.05. The second-order valence-corrected chi connectivity index (χ2v) is 3.85. The molecule has 14 heavy (non-hydrogen) atoms. The van der Waals surface area contributed by atoms with E-state index in [0.29, 0.717) is 5.92 Å². The molecule has 2 heteroatoms. The predicted molar refractivity (Wildman–Crippen MR) is 52.4 cm³/mol.